The molecule has 0 aliphatic carbocycles. The van der Waals surface area contributed by atoms with Crippen molar-refractivity contribution in [2.75, 3.05) is 20.1 Å². The van der Waals surface area contributed by atoms with Gasteiger partial charge in [-0.05, 0) is 33.0 Å². The summed E-state index contributed by atoms with van der Waals surface area (Å²) in [6, 6.07) is 0. The zero-order chi connectivity index (χ0) is 9.19. The normalized spacial score (nSPS) is 24.8. The Balaban J connectivity index is 2.39. The van der Waals surface area contributed by atoms with Crippen molar-refractivity contribution in [2.24, 2.45) is 5.73 Å². The molecule has 0 spiro atoms. The minimum atomic E-state index is -2.27. The topological polar surface area (TPSA) is 29.3 Å². The van der Waals surface area contributed by atoms with E-state index in [0.29, 0.717) is 12.8 Å². The van der Waals surface area contributed by atoms with E-state index in [0.717, 1.165) is 13.1 Å². The Kier molecular flexibility index (Phi) is 3.01. The number of rotatable bonds is 2. The van der Waals surface area contributed by atoms with Gasteiger partial charge in [0.25, 0.3) is 0 Å². The van der Waals surface area contributed by atoms with Gasteiger partial charge in [0.05, 0.1) is 0 Å². The van der Waals surface area contributed by atoms with Gasteiger partial charge in [0.2, 0.25) is 6.43 Å². The lowest BCUT2D eigenvalue weighted by molar-refractivity contribution is 0.0769. The van der Waals surface area contributed by atoms with Crippen molar-refractivity contribution in [3.8, 4) is 0 Å². The predicted molar refractivity (Wildman–Crippen MR) is 44.3 cm³/mol. The zero-order valence-electron chi connectivity index (χ0n) is 7.39. The fraction of sp³-hybridized carbons (Fsp3) is 1.00. The quantitative estimate of drug-likeness (QED) is 0.685. The largest absolute Gasteiger partial charge is 0.325 e. The maximum atomic E-state index is 12.1. The summed E-state index contributed by atoms with van der Waals surface area (Å²) in [7, 11) is 1.99. The molecule has 0 amide bonds. The highest BCUT2D eigenvalue weighted by molar-refractivity contribution is 4.89. The Morgan fingerprint density at radius 2 is 1.92 bits per heavy atom. The Hall–Kier alpha value is -0.220. The lowest BCUT2D eigenvalue weighted by Gasteiger charge is -2.37. The summed E-state index contributed by atoms with van der Waals surface area (Å²) < 4.78 is 24.1. The van der Waals surface area contributed by atoms with E-state index in [9.17, 15) is 8.78 Å². The van der Waals surface area contributed by atoms with E-state index >= 15 is 0 Å². The van der Waals surface area contributed by atoms with Crippen molar-refractivity contribution >= 4 is 0 Å². The summed E-state index contributed by atoms with van der Waals surface area (Å²) >= 11 is 0. The van der Waals surface area contributed by atoms with Gasteiger partial charge in [0.1, 0.15) is 0 Å². The van der Waals surface area contributed by atoms with Gasteiger partial charge in [-0.3, -0.25) is 0 Å². The summed E-state index contributed by atoms with van der Waals surface area (Å²) in [4.78, 5) is 2.12. The number of alkyl halides is 2. The number of nitrogens with zero attached hydrogens (tertiary/aromatic N) is 1. The summed E-state index contributed by atoms with van der Waals surface area (Å²) in [6.45, 7) is 1.67. The van der Waals surface area contributed by atoms with E-state index < -0.39 is 12.0 Å². The minimum Gasteiger partial charge on any atom is -0.325 e. The van der Waals surface area contributed by atoms with Crippen LogP contribution in [0.5, 0.6) is 0 Å². The van der Waals surface area contributed by atoms with Crippen LogP contribution in [0.25, 0.3) is 0 Å². The molecule has 1 saturated heterocycles. The molecular formula is C8H16F2N2. The first-order chi connectivity index (χ1) is 5.52. The van der Waals surface area contributed by atoms with E-state index in [1.807, 2.05) is 7.05 Å². The van der Waals surface area contributed by atoms with Crippen molar-refractivity contribution in [1.29, 1.82) is 0 Å². The number of likely N-dealkylation sites (tertiary alicyclic amines) is 1. The van der Waals surface area contributed by atoms with Gasteiger partial charge in [-0.2, -0.15) is 0 Å². The first-order valence-corrected chi connectivity index (χ1v) is 4.27. The van der Waals surface area contributed by atoms with E-state index in [1.165, 1.54) is 0 Å². The number of halogens is 2. The average Bonchev–Trinajstić information content (AvgIpc) is 1.94. The number of hydrogen-bond acceptors (Lipinski definition) is 2. The van der Waals surface area contributed by atoms with Gasteiger partial charge in [-0.25, -0.2) is 8.78 Å². The molecule has 1 heterocycles. The third-order valence-corrected chi connectivity index (χ3v) is 2.54. The summed E-state index contributed by atoms with van der Waals surface area (Å²) in [6.07, 6.45) is -1.04. The molecule has 0 saturated carbocycles. The molecule has 0 atom stereocenters. The second kappa shape index (κ2) is 3.66. The molecule has 0 radical (unpaired) electrons. The Morgan fingerprint density at radius 1 is 1.42 bits per heavy atom. The van der Waals surface area contributed by atoms with E-state index in [-0.39, 0.29) is 6.42 Å². The Labute approximate surface area is 71.7 Å². The SMILES string of the molecule is CN1CCC(N)(CC(F)F)CC1. The van der Waals surface area contributed by atoms with E-state index in [1.54, 1.807) is 0 Å². The highest BCUT2D eigenvalue weighted by atomic mass is 19.3. The first-order valence-electron chi connectivity index (χ1n) is 4.27. The first kappa shape index (κ1) is 9.86. The summed E-state index contributed by atoms with van der Waals surface area (Å²) in [5.41, 5.74) is 5.21. The van der Waals surface area contributed by atoms with Crippen LogP contribution in [0, 0.1) is 0 Å². The molecule has 0 bridgehead atoms. The van der Waals surface area contributed by atoms with Gasteiger partial charge in [0, 0.05) is 12.0 Å². The average molecular weight is 178 g/mol. The molecule has 0 aromatic heterocycles. The van der Waals surface area contributed by atoms with Crippen molar-refractivity contribution in [3.05, 3.63) is 0 Å². The molecule has 2 N–H and O–H groups in total. The van der Waals surface area contributed by atoms with Gasteiger partial charge in [-0.15, -0.1) is 0 Å². The predicted octanol–water partition coefficient (Wildman–Crippen LogP) is 1.06. The van der Waals surface area contributed by atoms with Crippen molar-refractivity contribution in [3.63, 3.8) is 0 Å². The van der Waals surface area contributed by atoms with Crippen molar-refractivity contribution in [2.45, 2.75) is 31.2 Å². The van der Waals surface area contributed by atoms with Crippen LogP contribution in [0.3, 0.4) is 0 Å². The van der Waals surface area contributed by atoms with Crippen molar-refractivity contribution in [1.82, 2.24) is 4.90 Å². The Morgan fingerprint density at radius 3 is 2.33 bits per heavy atom. The van der Waals surface area contributed by atoms with E-state index in [2.05, 4.69) is 4.90 Å². The maximum Gasteiger partial charge on any atom is 0.240 e. The maximum absolute atomic E-state index is 12.1. The lowest BCUT2D eigenvalue weighted by Crippen LogP contribution is -2.50. The summed E-state index contributed by atoms with van der Waals surface area (Å²) in [5, 5.41) is 0. The van der Waals surface area contributed by atoms with Crippen LogP contribution in [-0.4, -0.2) is 37.0 Å². The fourth-order valence-corrected chi connectivity index (χ4v) is 1.58. The van der Waals surface area contributed by atoms with Crippen molar-refractivity contribution < 1.29 is 8.78 Å². The van der Waals surface area contributed by atoms with Gasteiger partial charge < -0.3 is 10.6 Å². The molecular weight excluding hydrogens is 162 g/mol. The van der Waals surface area contributed by atoms with Crippen LogP contribution in [0.1, 0.15) is 19.3 Å². The number of nitrogens with two attached hydrogens (primary N) is 1. The molecule has 12 heavy (non-hydrogen) atoms. The number of piperidine rings is 1. The minimum absolute atomic E-state index is 0.152. The second-order valence-electron chi connectivity index (χ2n) is 3.76. The lowest BCUT2D eigenvalue weighted by atomic mass is 9.86. The molecule has 1 aliphatic rings. The summed E-state index contributed by atoms with van der Waals surface area (Å²) in [5.74, 6) is 0. The van der Waals surface area contributed by atoms with Crippen LogP contribution in [0.4, 0.5) is 8.78 Å². The third kappa shape index (κ3) is 2.68. The molecule has 1 rings (SSSR count). The van der Waals surface area contributed by atoms with Gasteiger partial charge in [0.15, 0.2) is 0 Å². The zero-order valence-corrected chi connectivity index (χ0v) is 7.39. The smallest absolute Gasteiger partial charge is 0.240 e. The fourth-order valence-electron chi connectivity index (χ4n) is 1.58. The number of hydrogen-bond donors (Lipinski definition) is 1. The highest BCUT2D eigenvalue weighted by Crippen LogP contribution is 2.25. The highest BCUT2D eigenvalue weighted by Gasteiger charge is 2.32. The molecule has 0 aromatic rings. The molecule has 0 unspecified atom stereocenters. The van der Waals surface area contributed by atoms with Crippen LogP contribution >= 0.6 is 0 Å². The Bertz CT molecular complexity index is 142. The molecule has 2 nitrogen and oxygen atoms in total. The molecule has 1 aliphatic heterocycles. The van der Waals surface area contributed by atoms with Crippen LogP contribution in [0.15, 0.2) is 0 Å². The van der Waals surface area contributed by atoms with Gasteiger partial charge in [-0.1, -0.05) is 0 Å². The van der Waals surface area contributed by atoms with Crippen LogP contribution in [-0.2, 0) is 0 Å². The molecule has 4 heteroatoms. The monoisotopic (exact) mass is 178 g/mol. The standard InChI is InChI=1S/C8H16F2N2/c1-12-4-2-8(11,3-5-12)6-7(9)10/h7H,2-6,11H2,1H3. The van der Waals surface area contributed by atoms with Gasteiger partial charge >= 0.3 is 0 Å². The molecule has 72 valence electrons. The molecule has 1 fully saturated rings. The second-order valence-corrected chi connectivity index (χ2v) is 3.76. The third-order valence-electron chi connectivity index (χ3n) is 2.54. The molecule has 0 aromatic carbocycles. The van der Waals surface area contributed by atoms with E-state index in [4.69, 9.17) is 5.73 Å². The van der Waals surface area contributed by atoms with Crippen LogP contribution < -0.4 is 5.73 Å². The van der Waals surface area contributed by atoms with Crippen LogP contribution in [0.2, 0.25) is 0 Å².